The molecule has 1 N–H and O–H groups in total. The molecule has 0 aliphatic rings. The van der Waals surface area contributed by atoms with Crippen LogP contribution in [0.5, 0.6) is 5.75 Å². The van der Waals surface area contributed by atoms with Crippen LogP contribution in [0, 0.1) is 17.0 Å². The standard InChI is InChI=1S/C26H19N3O5/c1-17-7-4-10-19(15-17)26(31)34-24-20(11-6-14-23(24)29(32)33)16-27-28-25(30)22-13-5-9-18-8-2-3-12-21(18)22/h2-16H,1H3,(H,28,30)/b27-16+. The molecule has 4 rings (SSSR count). The van der Waals surface area contributed by atoms with Gasteiger partial charge in [-0.3, -0.25) is 14.9 Å². The fourth-order valence-corrected chi connectivity index (χ4v) is 3.47. The van der Waals surface area contributed by atoms with Crippen LogP contribution in [-0.4, -0.2) is 23.0 Å². The van der Waals surface area contributed by atoms with E-state index in [4.69, 9.17) is 4.74 Å². The molecular formula is C26H19N3O5. The second kappa shape index (κ2) is 9.74. The molecule has 8 heteroatoms. The quantitative estimate of drug-likeness (QED) is 0.145. The molecule has 8 nitrogen and oxygen atoms in total. The Bertz CT molecular complexity index is 1440. The topological polar surface area (TPSA) is 111 Å². The monoisotopic (exact) mass is 453 g/mol. The van der Waals surface area contributed by atoms with Crippen molar-refractivity contribution in [3.8, 4) is 5.75 Å². The Morgan fingerprint density at radius 3 is 2.50 bits per heavy atom. The Kier molecular flexibility index (Phi) is 6.40. The Morgan fingerprint density at radius 2 is 1.71 bits per heavy atom. The van der Waals surface area contributed by atoms with Crippen LogP contribution >= 0.6 is 0 Å². The number of carbonyl (C=O) groups excluding carboxylic acids is 2. The summed E-state index contributed by atoms with van der Waals surface area (Å²) in [6, 6.07) is 23.6. The van der Waals surface area contributed by atoms with Gasteiger partial charge in [-0.2, -0.15) is 5.10 Å². The molecule has 0 saturated heterocycles. The summed E-state index contributed by atoms with van der Waals surface area (Å²) in [6.45, 7) is 1.82. The molecule has 0 aliphatic carbocycles. The van der Waals surface area contributed by atoms with Crippen LogP contribution in [0.25, 0.3) is 10.8 Å². The highest BCUT2D eigenvalue weighted by Gasteiger charge is 2.22. The maximum absolute atomic E-state index is 12.7. The number of amides is 1. The van der Waals surface area contributed by atoms with Gasteiger partial charge in [0.15, 0.2) is 0 Å². The summed E-state index contributed by atoms with van der Waals surface area (Å²) in [6.07, 6.45) is 1.20. The minimum absolute atomic E-state index is 0.161. The van der Waals surface area contributed by atoms with Gasteiger partial charge < -0.3 is 4.74 Å². The van der Waals surface area contributed by atoms with Crippen LogP contribution < -0.4 is 10.2 Å². The molecule has 0 saturated carbocycles. The van der Waals surface area contributed by atoms with Gasteiger partial charge in [-0.25, -0.2) is 10.2 Å². The molecule has 168 valence electrons. The van der Waals surface area contributed by atoms with Gasteiger partial charge in [0.2, 0.25) is 5.75 Å². The number of nitro groups is 1. The smallest absolute Gasteiger partial charge is 0.343 e. The summed E-state index contributed by atoms with van der Waals surface area (Å²) in [5, 5.41) is 17.1. The van der Waals surface area contributed by atoms with E-state index >= 15 is 0 Å². The SMILES string of the molecule is Cc1cccc(C(=O)Oc2c(/C=N/NC(=O)c3cccc4ccccc34)cccc2[N+](=O)[O-])c1. The predicted molar refractivity (Wildman–Crippen MR) is 128 cm³/mol. The molecule has 0 spiro atoms. The Hall–Kier alpha value is -4.85. The van der Waals surface area contributed by atoms with Crippen LogP contribution in [0.4, 0.5) is 5.69 Å². The first kappa shape index (κ1) is 22.3. The molecular weight excluding hydrogens is 434 g/mol. The van der Waals surface area contributed by atoms with Gasteiger partial charge in [0.1, 0.15) is 0 Å². The van der Waals surface area contributed by atoms with Crippen LogP contribution in [0.2, 0.25) is 0 Å². The zero-order valence-corrected chi connectivity index (χ0v) is 18.1. The van der Waals surface area contributed by atoms with E-state index in [2.05, 4.69) is 10.5 Å². The number of hydrogen-bond acceptors (Lipinski definition) is 6. The summed E-state index contributed by atoms with van der Waals surface area (Å²) < 4.78 is 5.39. The predicted octanol–water partition coefficient (Wildman–Crippen LogP) is 5.04. The highest BCUT2D eigenvalue weighted by Crippen LogP contribution is 2.31. The molecule has 0 atom stereocenters. The van der Waals surface area contributed by atoms with Crippen molar-refractivity contribution >= 4 is 34.6 Å². The molecule has 0 aliphatic heterocycles. The Morgan fingerprint density at radius 1 is 0.971 bits per heavy atom. The van der Waals surface area contributed by atoms with Crippen molar-refractivity contribution in [2.45, 2.75) is 6.92 Å². The third-order valence-corrected chi connectivity index (χ3v) is 5.07. The van der Waals surface area contributed by atoms with Gasteiger partial charge in [0, 0.05) is 17.2 Å². The number of esters is 1. The van der Waals surface area contributed by atoms with E-state index in [1.54, 1.807) is 30.3 Å². The van der Waals surface area contributed by atoms with E-state index in [0.717, 1.165) is 16.3 Å². The van der Waals surface area contributed by atoms with E-state index < -0.39 is 22.5 Å². The number of rotatable bonds is 6. The summed E-state index contributed by atoms with van der Waals surface area (Å²) in [7, 11) is 0. The molecule has 4 aromatic rings. The highest BCUT2D eigenvalue weighted by molar-refractivity contribution is 6.07. The second-order valence-corrected chi connectivity index (χ2v) is 7.44. The molecule has 0 heterocycles. The van der Waals surface area contributed by atoms with Crippen molar-refractivity contribution in [1.82, 2.24) is 5.43 Å². The Labute approximate surface area is 194 Å². The summed E-state index contributed by atoms with van der Waals surface area (Å²) >= 11 is 0. The van der Waals surface area contributed by atoms with Crippen LogP contribution in [0.3, 0.4) is 0 Å². The lowest BCUT2D eigenvalue weighted by molar-refractivity contribution is -0.385. The third kappa shape index (κ3) is 4.81. The largest absolute Gasteiger partial charge is 0.415 e. The highest BCUT2D eigenvalue weighted by atomic mass is 16.6. The van der Waals surface area contributed by atoms with Gasteiger partial charge in [0.25, 0.3) is 5.91 Å². The maximum atomic E-state index is 12.7. The first-order chi connectivity index (χ1) is 16.4. The lowest BCUT2D eigenvalue weighted by atomic mass is 10.0. The van der Waals surface area contributed by atoms with Gasteiger partial charge in [0.05, 0.1) is 16.7 Å². The molecule has 1 amide bonds. The number of nitrogens with one attached hydrogen (secondary N) is 1. The normalized spacial score (nSPS) is 10.9. The van der Waals surface area contributed by atoms with Gasteiger partial charge in [-0.15, -0.1) is 0 Å². The average molecular weight is 453 g/mol. The molecule has 0 radical (unpaired) electrons. The van der Waals surface area contributed by atoms with E-state index in [1.165, 1.54) is 24.4 Å². The number of benzene rings is 4. The third-order valence-electron chi connectivity index (χ3n) is 5.07. The Balaban J connectivity index is 1.60. The number of fused-ring (bicyclic) bond motifs is 1. The first-order valence-electron chi connectivity index (χ1n) is 10.3. The number of nitro benzene ring substituents is 1. The number of aryl methyl sites for hydroxylation is 1. The molecule has 4 aromatic carbocycles. The zero-order valence-electron chi connectivity index (χ0n) is 18.1. The summed E-state index contributed by atoms with van der Waals surface area (Å²) in [5.41, 5.74) is 3.72. The van der Waals surface area contributed by atoms with Gasteiger partial charge >= 0.3 is 11.7 Å². The molecule has 0 fully saturated rings. The fraction of sp³-hybridized carbons (Fsp3) is 0.0385. The van der Waals surface area contributed by atoms with Crippen molar-refractivity contribution < 1.29 is 19.2 Å². The number of hydrogen-bond donors (Lipinski definition) is 1. The summed E-state index contributed by atoms with van der Waals surface area (Å²) in [5.74, 6) is -1.45. The van der Waals surface area contributed by atoms with Crippen molar-refractivity contribution in [1.29, 1.82) is 0 Å². The molecule has 0 aromatic heterocycles. The van der Waals surface area contributed by atoms with E-state index in [0.29, 0.717) is 5.56 Å². The molecule has 0 unspecified atom stereocenters. The molecule has 0 bridgehead atoms. The van der Waals surface area contributed by atoms with Crippen molar-refractivity contribution in [3.05, 3.63) is 117 Å². The molecule has 34 heavy (non-hydrogen) atoms. The second-order valence-electron chi connectivity index (χ2n) is 7.44. The van der Waals surface area contributed by atoms with Crippen molar-refractivity contribution in [3.63, 3.8) is 0 Å². The van der Waals surface area contributed by atoms with Crippen molar-refractivity contribution in [2.24, 2.45) is 5.10 Å². The maximum Gasteiger partial charge on any atom is 0.343 e. The number of para-hydroxylation sites is 1. The number of ether oxygens (including phenoxy) is 1. The number of nitrogens with zero attached hydrogens (tertiary/aromatic N) is 2. The average Bonchev–Trinajstić information content (AvgIpc) is 2.84. The van der Waals surface area contributed by atoms with Gasteiger partial charge in [-0.05, 0) is 42.0 Å². The van der Waals surface area contributed by atoms with Crippen LogP contribution in [0.1, 0.15) is 31.8 Å². The van der Waals surface area contributed by atoms with E-state index in [-0.39, 0.29) is 16.9 Å². The van der Waals surface area contributed by atoms with Crippen LogP contribution in [0.15, 0.2) is 90.0 Å². The lowest BCUT2D eigenvalue weighted by Crippen LogP contribution is -2.18. The minimum atomic E-state index is -0.743. The number of carbonyl (C=O) groups is 2. The fourth-order valence-electron chi connectivity index (χ4n) is 3.47. The zero-order chi connectivity index (χ0) is 24.1. The van der Waals surface area contributed by atoms with Gasteiger partial charge in [-0.1, -0.05) is 60.2 Å². The van der Waals surface area contributed by atoms with Crippen LogP contribution in [-0.2, 0) is 0 Å². The minimum Gasteiger partial charge on any atom is -0.415 e. The lowest BCUT2D eigenvalue weighted by Gasteiger charge is -2.09. The van der Waals surface area contributed by atoms with E-state index in [1.807, 2.05) is 43.3 Å². The summed E-state index contributed by atoms with van der Waals surface area (Å²) in [4.78, 5) is 36.2. The first-order valence-corrected chi connectivity index (χ1v) is 10.3. The number of hydrazone groups is 1. The van der Waals surface area contributed by atoms with E-state index in [9.17, 15) is 19.7 Å². The van der Waals surface area contributed by atoms with Crippen molar-refractivity contribution in [2.75, 3.05) is 0 Å².